The van der Waals surface area contributed by atoms with E-state index < -0.39 is 0 Å². The van der Waals surface area contributed by atoms with Gasteiger partial charge in [-0.1, -0.05) is 0 Å². The Bertz CT molecular complexity index is 293. The van der Waals surface area contributed by atoms with Crippen LogP contribution in [0.5, 0.6) is 0 Å². The van der Waals surface area contributed by atoms with Gasteiger partial charge in [0.15, 0.2) is 0 Å². The van der Waals surface area contributed by atoms with E-state index in [2.05, 4.69) is 20.8 Å². The van der Waals surface area contributed by atoms with Crippen molar-refractivity contribution >= 4 is 17.5 Å². The number of nitrogens with zero attached hydrogens (tertiary/aromatic N) is 1. The molecule has 0 atom stereocenters. The van der Waals surface area contributed by atoms with Crippen LogP contribution in [0.25, 0.3) is 0 Å². The van der Waals surface area contributed by atoms with Crippen molar-refractivity contribution in [2.24, 2.45) is 0 Å². The predicted octanol–water partition coefficient (Wildman–Crippen LogP) is -0.516. The Morgan fingerprint density at radius 1 is 1.54 bits per heavy atom. The summed E-state index contributed by atoms with van der Waals surface area (Å²) in [5.74, 6) is -0.679. The lowest BCUT2D eigenvalue weighted by molar-refractivity contribution is -0.126. The fourth-order valence-corrected chi connectivity index (χ4v) is 0.759. The van der Waals surface area contributed by atoms with E-state index in [0.29, 0.717) is 5.69 Å². The number of aromatic nitrogens is 2. The zero-order chi connectivity index (χ0) is 9.68. The van der Waals surface area contributed by atoms with Gasteiger partial charge in [0.1, 0.15) is 6.42 Å². The van der Waals surface area contributed by atoms with Gasteiger partial charge in [0.2, 0.25) is 11.8 Å². The van der Waals surface area contributed by atoms with Gasteiger partial charge in [-0.15, -0.1) is 0 Å². The van der Waals surface area contributed by atoms with Gasteiger partial charge in [0.05, 0.1) is 11.9 Å². The molecule has 2 amide bonds. The van der Waals surface area contributed by atoms with Crippen LogP contribution in [0.2, 0.25) is 0 Å². The molecular weight excluding hydrogens is 172 g/mol. The van der Waals surface area contributed by atoms with E-state index >= 15 is 0 Å². The van der Waals surface area contributed by atoms with Gasteiger partial charge in [-0.3, -0.25) is 14.7 Å². The summed E-state index contributed by atoms with van der Waals surface area (Å²) in [7, 11) is 1.48. The number of anilines is 1. The summed E-state index contributed by atoms with van der Waals surface area (Å²) in [4.78, 5) is 21.8. The van der Waals surface area contributed by atoms with E-state index in [1.807, 2.05) is 0 Å². The maximum absolute atomic E-state index is 11.1. The average molecular weight is 182 g/mol. The van der Waals surface area contributed by atoms with E-state index in [9.17, 15) is 9.59 Å². The highest BCUT2D eigenvalue weighted by Crippen LogP contribution is 2.01. The molecule has 0 aliphatic rings. The maximum atomic E-state index is 11.1. The quantitative estimate of drug-likeness (QED) is 0.550. The number of carbonyl (C=O) groups is 2. The number of aromatic amines is 1. The summed E-state index contributed by atoms with van der Waals surface area (Å²) < 4.78 is 0. The van der Waals surface area contributed by atoms with Gasteiger partial charge >= 0.3 is 0 Å². The minimum absolute atomic E-state index is 0.179. The van der Waals surface area contributed by atoms with Crippen molar-refractivity contribution in [3.63, 3.8) is 0 Å². The third kappa shape index (κ3) is 2.94. The van der Waals surface area contributed by atoms with Gasteiger partial charge < -0.3 is 10.6 Å². The molecule has 13 heavy (non-hydrogen) atoms. The van der Waals surface area contributed by atoms with Crippen LogP contribution in [0.1, 0.15) is 6.42 Å². The molecule has 0 radical (unpaired) electrons. The van der Waals surface area contributed by atoms with Crippen LogP contribution < -0.4 is 10.6 Å². The van der Waals surface area contributed by atoms with Crippen LogP contribution in [0, 0.1) is 0 Å². The first kappa shape index (κ1) is 9.24. The average Bonchev–Trinajstić information content (AvgIpc) is 2.56. The highest BCUT2D eigenvalue weighted by atomic mass is 16.2. The van der Waals surface area contributed by atoms with Crippen LogP contribution in [0.3, 0.4) is 0 Å². The number of hydrogen-bond donors (Lipinski definition) is 3. The molecule has 1 aromatic heterocycles. The molecule has 0 aromatic carbocycles. The monoisotopic (exact) mass is 182 g/mol. The Morgan fingerprint density at radius 2 is 2.31 bits per heavy atom. The number of nitrogens with one attached hydrogen (secondary N) is 3. The zero-order valence-electron chi connectivity index (χ0n) is 7.13. The molecule has 1 rings (SSSR count). The number of H-pyrrole nitrogens is 1. The first-order chi connectivity index (χ1) is 6.22. The van der Waals surface area contributed by atoms with Crippen molar-refractivity contribution in [2.75, 3.05) is 12.4 Å². The Kier molecular flexibility index (Phi) is 3.02. The zero-order valence-corrected chi connectivity index (χ0v) is 7.13. The van der Waals surface area contributed by atoms with E-state index in [0.717, 1.165) is 0 Å². The van der Waals surface area contributed by atoms with Crippen LogP contribution in [0.4, 0.5) is 5.69 Å². The minimum atomic E-state index is -0.360. The second-order valence-electron chi connectivity index (χ2n) is 2.39. The Labute approximate surface area is 74.7 Å². The molecule has 0 aliphatic carbocycles. The number of carbonyl (C=O) groups excluding carboxylic acids is 2. The summed E-state index contributed by atoms with van der Waals surface area (Å²) in [6.45, 7) is 0. The van der Waals surface area contributed by atoms with Crippen molar-refractivity contribution in [1.29, 1.82) is 0 Å². The van der Waals surface area contributed by atoms with E-state index in [1.165, 1.54) is 19.4 Å². The fraction of sp³-hybridized carbons (Fsp3) is 0.286. The molecule has 70 valence electrons. The van der Waals surface area contributed by atoms with E-state index in [-0.39, 0.29) is 18.2 Å². The lowest BCUT2D eigenvalue weighted by atomic mass is 10.3. The lowest BCUT2D eigenvalue weighted by Gasteiger charge is -2.00. The summed E-state index contributed by atoms with van der Waals surface area (Å²) in [6, 6.07) is 0. The molecule has 3 N–H and O–H groups in total. The molecule has 1 heterocycles. The smallest absolute Gasteiger partial charge is 0.233 e. The largest absolute Gasteiger partial charge is 0.359 e. The van der Waals surface area contributed by atoms with Gasteiger partial charge in [0, 0.05) is 13.2 Å². The topological polar surface area (TPSA) is 86.9 Å². The number of rotatable bonds is 3. The lowest BCUT2D eigenvalue weighted by Crippen LogP contribution is -2.24. The summed E-state index contributed by atoms with van der Waals surface area (Å²) >= 11 is 0. The van der Waals surface area contributed by atoms with Gasteiger partial charge in [-0.05, 0) is 0 Å². The highest BCUT2D eigenvalue weighted by molar-refractivity contribution is 6.03. The van der Waals surface area contributed by atoms with E-state index in [1.54, 1.807) is 0 Å². The van der Waals surface area contributed by atoms with Crippen molar-refractivity contribution in [3.8, 4) is 0 Å². The summed E-state index contributed by atoms with van der Waals surface area (Å²) in [5, 5.41) is 11.0. The van der Waals surface area contributed by atoms with Crippen molar-refractivity contribution in [2.45, 2.75) is 6.42 Å². The molecule has 0 saturated carbocycles. The molecular formula is C7H10N4O2. The third-order valence-corrected chi connectivity index (χ3v) is 1.38. The first-order valence-electron chi connectivity index (χ1n) is 3.71. The molecule has 1 aromatic rings. The van der Waals surface area contributed by atoms with Crippen molar-refractivity contribution in [1.82, 2.24) is 15.5 Å². The summed E-state index contributed by atoms with van der Waals surface area (Å²) in [5.41, 5.74) is 0.550. The normalized spacial score (nSPS) is 9.31. The molecule has 0 bridgehead atoms. The minimum Gasteiger partial charge on any atom is -0.359 e. The number of hydrogen-bond acceptors (Lipinski definition) is 3. The van der Waals surface area contributed by atoms with Crippen molar-refractivity contribution in [3.05, 3.63) is 12.4 Å². The Morgan fingerprint density at radius 3 is 2.85 bits per heavy atom. The third-order valence-electron chi connectivity index (χ3n) is 1.38. The predicted molar refractivity (Wildman–Crippen MR) is 45.9 cm³/mol. The van der Waals surface area contributed by atoms with Crippen molar-refractivity contribution < 1.29 is 9.59 Å². The van der Waals surface area contributed by atoms with Crippen LogP contribution in [-0.2, 0) is 9.59 Å². The van der Waals surface area contributed by atoms with Crippen LogP contribution in [0.15, 0.2) is 12.4 Å². The molecule has 0 aliphatic heterocycles. The second-order valence-corrected chi connectivity index (χ2v) is 2.39. The van der Waals surface area contributed by atoms with Gasteiger partial charge in [-0.25, -0.2) is 0 Å². The van der Waals surface area contributed by atoms with E-state index in [4.69, 9.17) is 0 Å². The second kappa shape index (κ2) is 4.24. The van der Waals surface area contributed by atoms with Crippen LogP contribution >= 0.6 is 0 Å². The Balaban J connectivity index is 2.38. The SMILES string of the molecule is CNC(=O)CC(=O)Nc1cn[nH]c1. The molecule has 0 fully saturated rings. The summed E-state index contributed by atoms with van der Waals surface area (Å²) in [6.07, 6.45) is 2.81. The molecule has 6 nitrogen and oxygen atoms in total. The number of amides is 2. The van der Waals surface area contributed by atoms with Gasteiger partial charge in [-0.2, -0.15) is 5.10 Å². The standard InChI is InChI=1S/C7H10N4O2/c1-8-6(12)2-7(13)11-5-3-9-10-4-5/h3-4H,2H2,1H3,(H,8,12)(H,9,10)(H,11,13). The molecule has 6 heteroatoms. The van der Waals surface area contributed by atoms with Crippen LogP contribution in [-0.4, -0.2) is 29.1 Å². The molecule has 0 unspecified atom stereocenters. The molecule has 0 spiro atoms. The Hall–Kier alpha value is -1.85. The van der Waals surface area contributed by atoms with Gasteiger partial charge in [0.25, 0.3) is 0 Å². The highest BCUT2D eigenvalue weighted by Gasteiger charge is 2.07. The molecule has 0 saturated heterocycles. The first-order valence-corrected chi connectivity index (χ1v) is 3.71. The maximum Gasteiger partial charge on any atom is 0.233 e. The fourth-order valence-electron chi connectivity index (χ4n) is 0.759.